The van der Waals surface area contributed by atoms with Gasteiger partial charge in [0.25, 0.3) is 0 Å². The minimum atomic E-state index is -1.61. The summed E-state index contributed by atoms with van der Waals surface area (Å²) in [6.07, 6.45) is 2.36. The van der Waals surface area contributed by atoms with Crippen LogP contribution in [0.2, 0.25) is 23.9 Å². The van der Waals surface area contributed by atoms with Gasteiger partial charge in [-0.05, 0) is 70.4 Å². The molecule has 0 radical (unpaired) electrons. The van der Waals surface area contributed by atoms with Gasteiger partial charge >= 0.3 is 7.12 Å². The molecular formula is C17H35BO3Si. The lowest BCUT2D eigenvalue weighted by molar-refractivity contribution is 0.00578. The number of hydrogen-bond donors (Lipinski definition) is 0. The maximum atomic E-state index is 6.29. The van der Waals surface area contributed by atoms with E-state index < -0.39 is 8.32 Å². The fourth-order valence-corrected chi connectivity index (χ4v) is 3.74. The van der Waals surface area contributed by atoms with Gasteiger partial charge < -0.3 is 13.7 Å². The highest BCUT2D eigenvalue weighted by atomic mass is 28.4. The summed E-state index contributed by atoms with van der Waals surface area (Å²) in [6.45, 7) is 20.9. The average Bonchev–Trinajstić information content (AvgIpc) is 3.00. The highest BCUT2D eigenvalue weighted by molar-refractivity contribution is 6.74. The minimum Gasteiger partial charge on any atom is -0.417 e. The van der Waals surface area contributed by atoms with Gasteiger partial charge in [-0.3, -0.25) is 0 Å². The molecule has 0 N–H and O–H groups in total. The molecule has 3 nitrogen and oxygen atoms in total. The second-order valence-electron chi connectivity index (χ2n) is 9.68. The Labute approximate surface area is 138 Å². The van der Waals surface area contributed by atoms with Crippen molar-refractivity contribution in [2.75, 3.05) is 6.61 Å². The first-order valence-electron chi connectivity index (χ1n) is 8.76. The predicted octanol–water partition coefficient (Wildman–Crippen LogP) is 4.88. The average molecular weight is 326 g/mol. The van der Waals surface area contributed by atoms with Crippen molar-refractivity contribution in [1.82, 2.24) is 0 Å². The Balaban J connectivity index is 1.76. The van der Waals surface area contributed by atoms with Gasteiger partial charge in [0.05, 0.1) is 11.2 Å². The molecule has 2 aliphatic rings. The van der Waals surface area contributed by atoms with Crippen molar-refractivity contribution in [3.63, 3.8) is 0 Å². The Morgan fingerprint density at radius 1 is 1.09 bits per heavy atom. The third-order valence-corrected chi connectivity index (χ3v) is 10.9. The molecule has 1 heterocycles. The lowest BCUT2D eigenvalue weighted by Crippen LogP contribution is -2.41. The monoisotopic (exact) mass is 326 g/mol. The van der Waals surface area contributed by atoms with Crippen LogP contribution in [0.25, 0.3) is 0 Å². The maximum Gasteiger partial charge on any atom is 0.461 e. The lowest BCUT2D eigenvalue weighted by atomic mass is 9.80. The minimum absolute atomic E-state index is 0.0251. The quantitative estimate of drug-likeness (QED) is 0.674. The third-order valence-electron chi connectivity index (χ3n) is 6.36. The summed E-state index contributed by atoms with van der Waals surface area (Å²) in [5.41, 5.74) is -0.412. The van der Waals surface area contributed by atoms with Gasteiger partial charge in [-0.25, -0.2) is 0 Å². The second-order valence-corrected chi connectivity index (χ2v) is 14.5. The van der Waals surface area contributed by atoms with Crippen LogP contribution in [0.5, 0.6) is 0 Å². The fraction of sp³-hybridized carbons (Fsp3) is 1.00. The van der Waals surface area contributed by atoms with Gasteiger partial charge in [0, 0.05) is 6.61 Å². The van der Waals surface area contributed by atoms with Crippen molar-refractivity contribution < 1.29 is 13.7 Å². The van der Waals surface area contributed by atoms with E-state index in [1.807, 2.05) is 0 Å². The molecule has 0 aromatic rings. The van der Waals surface area contributed by atoms with E-state index in [0.717, 1.165) is 13.0 Å². The van der Waals surface area contributed by atoms with E-state index in [9.17, 15) is 0 Å². The largest absolute Gasteiger partial charge is 0.461 e. The Hall–Kier alpha value is 0.162. The summed E-state index contributed by atoms with van der Waals surface area (Å²) in [4.78, 5) is 0. The van der Waals surface area contributed by atoms with E-state index in [2.05, 4.69) is 61.6 Å². The zero-order valence-electron chi connectivity index (χ0n) is 16.1. The molecular weight excluding hydrogens is 291 g/mol. The zero-order chi connectivity index (χ0) is 17.0. The highest BCUT2D eigenvalue weighted by Crippen LogP contribution is 2.54. The van der Waals surface area contributed by atoms with Gasteiger partial charge in [-0.1, -0.05) is 20.8 Å². The van der Waals surface area contributed by atoms with E-state index in [4.69, 9.17) is 13.7 Å². The third kappa shape index (κ3) is 3.63. The fourth-order valence-electron chi connectivity index (χ4n) is 2.68. The van der Waals surface area contributed by atoms with Crippen LogP contribution in [-0.4, -0.2) is 33.2 Å². The Morgan fingerprint density at radius 3 is 2.05 bits per heavy atom. The molecule has 0 amide bonds. The van der Waals surface area contributed by atoms with Crippen LogP contribution in [0.3, 0.4) is 0 Å². The first-order valence-corrected chi connectivity index (χ1v) is 11.7. The smallest absolute Gasteiger partial charge is 0.417 e. The Bertz CT molecular complexity index is 399. The molecule has 0 spiro atoms. The second kappa shape index (κ2) is 5.61. The first-order chi connectivity index (χ1) is 9.77. The molecule has 0 bridgehead atoms. The zero-order valence-corrected chi connectivity index (χ0v) is 17.1. The van der Waals surface area contributed by atoms with Crippen molar-refractivity contribution in [1.29, 1.82) is 0 Å². The van der Waals surface area contributed by atoms with E-state index in [1.54, 1.807) is 0 Å². The summed E-state index contributed by atoms with van der Waals surface area (Å²) in [5.74, 6) is 1.27. The summed E-state index contributed by atoms with van der Waals surface area (Å²) in [6, 6.07) is 0. The molecule has 0 unspecified atom stereocenters. The number of hydrogen-bond acceptors (Lipinski definition) is 3. The summed E-state index contributed by atoms with van der Waals surface area (Å²) in [7, 11) is -1.63. The van der Waals surface area contributed by atoms with E-state index >= 15 is 0 Å². The molecule has 0 aromatic carbocycles. The standard InChI is InChI=1S/C17H35BO3Si/c1-15(2,3)22(8,9)19-11-10-13-12-14(13)18-20-16(4,5)17(6,7)21-18/h13-14H,10-12H2,1-9H3/t13-,14-/m1/s1. The topological polar surface area (TPSA) is 27.7 Å². The molecule has 128 valence electrons. The van der Waals surface area contributed by atoms with E-state index in [0.29, 0.717) is 16.8 Å². The summed E-state index contributed by atoms with van der Waals surface area (Å²) in [5, 5.41) is 0.293. The maximum absolute atomic E-state index is 6.29. The van der Waals surface area contributed by atoms with Crippen molar-refractivity contribution >= 4 is 15.4 Å². The Kier molecular flexibility index (Phi) is 4.72. The molecule has 2 atom stereocenters. The molecule has 5 heteroatoms. The van der Waals surface area contributed by atoms with Gasteiger partial charge in [0.2, 0.25) is 0 Å². The van der Waals surface area contributed by atoms with Crippen molar-refractivity contribution in [2.45, 2.75) is 96.5 Å². The molecule has 1 aliphatic heterocycles. The van der Waals surface area contributed by atoms with Crippen LogP contribution in [-0.2, 0) is 13.7 Å². The molecule has 2 fully saturated rings. The Morgan fingerprint density at radius 2 is 1.59 bits per heavy atom. The normalized spacial score (nSPS) is 30.7. The summed E-state index contributed by atoms with van der Waals surface area (Å²) >= 11 is 0. The van der Waals surface area contributed by atoms with Gasteiger partial charge in [0.15, 0.2) is 8.32 Å². The molecule has 22 heavy (non-hydrogen) atoms. The van der Waals surface area contributed by atoms with Crippen LogP contribution in [0.4, 0.5) is 0 Å². The molecule has 1 saturated heterocycles. The van der Waals surface area contributed by atoms with Crippen molar-refractivity contribution in [3.8, 4) is 0 Å². The first kappa shape index (κ1) is 18.5. The lowest BCUT2D eigenvalue weighted by Gasteiger charge is -2.36. The van der Waals surface area contributed by atoms with Crippen LogP contribution in [0, 0.1) is 5.92 Å². The van der Waals surface area contributed by atoms with E-state index in [-0.39, 0.29) is 18.3 Å². The van der Waals surface area contributed by atoms with Gasteiger partial charge in [-0.2, -0.15) is 0 Å². The molecule has 0 aromatic heterocycles. The van der Waals surface area contributed by atoms with Crippen molar-refractivity contribution in [3.05, 3.63) is 0 Å². The SMILES string of the molecule is CC1(C)OB([C@@H]2C[C@H]2CCO[Si](C)(C)C(C)(C)C)OC1(C)C. The summed E-state index contributed by atoms with van der Waals surface area (Å²) < 4.78 is 18.6. The van der Waals surface area contributed by atoms with Gasteiger partial charge in [0.1, 0.15) is 0 Å². The van der Waals surface area contributed by atoms with Gasteiger partial charge in [-0.15, -0.1) is 0 Å². The predicted molar refractivity (Wildman–Crippen MR) is 95.7 cm³/mol. The molecule has 2 rings (SSSR count). The van der Waals surface area contributed by atoms with Crippen LogP contribution < -0.4 is 0 Å². The van der Waals surface area contributed by atoms with Crippen molar-refractivity contribution in [2.24, 2.45) is 5.92 Å². The number of rotatable bonds is 5. The molecule has 1 saturated carbocycles. The highest BCUT2D eigenvalue weighted by Gasteiger charge is 2.59. The molecule has 1 aliphatic carbocycles. The van der Waals surface area contributed by atoms with E-state index in [1.165, 1.54) is 6.42 Å². The van der Waals surface area contributed by atoms with Crippen LogP contribution in [0.1, 0.15) is 61.3 Å². The van der Waals surface area contributed by atoms with Crippen LogP contribution >= 0.6 is 0 Å². The van der Waals surface area contributed by atoms with Crippen LogP contribution in [0.15, 0.2) is 0 Å².